The van der Waals surface area contributed by atoms with E-state index in [-0.39, 0.29) is 34.7 Å². The van der Waals surface area contributed by atoms with Crippen molar-refractivity contribution < 1.29 is 38.0 Å². The van der Waals surface area contributed by atoms with Gasteiger partial charge in [-0.2, -0.15) is 4.98 Å². The number of aliphatic hydroxyl groups is 2. The van der Waals surface area contributed by atoms with Gasteiger partial charge in [-0.25, -0.2) is 19.3 Å². The second-order valence-corrected chi connectivity index (χ2v) is 12.5. The standard InChI is InChI=1S/C20H21FN9O9PS/c21-8-6(2-31)36-18(30-5-26-10-15(30)27-19(22)28-17(10)33)11(8)38-40(35,41)39-13-12-20(13,34)1-7(37-12)29-4-25-9-14(29)23-3-24-16(9)32/h3-8,11-13,18,31,34H,1-2H2,(H,35,41)(H,23,24,32)(H3,22,27,28,33)/t6-,7-,8-,11-,12-,13?,18-,20+,40?/m1/s1. The van der Waals surface area contributed by atoms with Gasteiger partial charge >= 0.3 is 6.72 Å². The molecular formula is C20H21FN9O9PS. The van der Waals surface area contributed by atoms with Gasteiger partial charge in [0.15, 0.2) is 34.7 Å². The second kappa shape index (κ2) is 9.15. The summed E-state index contributed by atoms with van der Waals surface area (Å²) >= 11 is 5.15. The zero-order chi connectivity index (χ0) is 28.8. The van der Waals surface area contributed by atoms with Crippen LogP contribution in [0.2, 0.25) is 0 Å². The number of nitrogen functional groups attached to an aromatic ring is 1. The summed E-state index contributed by atoms with van der Waals surface area (Å²) in [4.78, 5) is 55.9. The minimum absolute atomic E-state index is 0.0201. The Labute approximate surface area is 231 Å². The summed E-state index contributed by atoms with van der Waals surface area (Å²) in [5.74, 6) is -0.232. The van der Waals surface area contributed by atoms with Crippen LogP contribution >= 0.6 is 6.72 Å². The predicted octanol–water partition coefficient (Wildman–Crippen LogP) is -1.92. The molecule has 0 aromatic carbocycles. The normalized spacial score (nSPS) is 34.3. The molecule has 7 N–H and O–H groups in total. The van der Waals surface area contributed by atoms with Crippen molar-refractivity contribution >= 4 is 46.8 Å². The van der Waals surface area contributed by atoms with Crippen molar-refractivity contribution in [3.8, 4) is 0 Å². The number of alkyl halides is 1. The molecule has 9 atom stereocenters. The van der Waals surface area contributed by atoms with Crippen molar-refractivity contribution in [2.24, 2.45) is 0 Å². The van der Waals surface area contributed by atoms with Crippen LogP contribution in [0.3, 0.4) is 0 Å². The topological polar surface area (TPSA) is 251 Å². The lowest BCUT2D eigenvalue weighted by atomic mass is 10.1. The third-order valence-electron chi connectivity index (χ3n) is 7.30. The maximum Gasteiger partial charge on any atom is 0.325 e. The van der Waals surface area contributed by atoms with Crippen molar-refractivity contribution in [2.45, 2.75) is 55.1 Å². The van der Waals surface area contributed by atoms with Gasteiger partial charge in [0.1, 0.15) is 36.2 Å². The molecule has 3 aliphatic rings. The van der Waals surface area contributed by atoms with Gasteiger partial charge in [0.2, 0.25) is 5.95 Å². The highest BCUT2D eigenvalue weighted by Crippen LogP contribution is 2.62. The first-order valence-corrected chi connectivity index (χ1v) is 14.7. The van der Waals surface area contributed by atoms with Crippen molar-refractivity contribution in [2.75, 3.05) is 12.3 Å². The van der Waals surface area contributed by atoms with Crippen LogP contribution in [0.25, 0.3) is 22.3 Å². The van der Waals surface area contributed by atoms with Crippen LogP contribution in [0.15, 0.2) is 28.6 Å². The molecule has 2 unspecified atom stereocenters. The van der Waals surface area contributed by atoms with E-state index in [1.807, 2.05) is 0 Å². The lowest BCUT2D eigenvalue weighted by Crippen LogP contribution is -2.32. The number of nitrogens with two attached hydrogens (primary N) is 1. The quantitative estimate of drug-likeness (QED) is 0.124. The number of anilines is 1. The van der Waals surface area contributed by atoms with Gasteiger partial charge in [0.25, 0.3) is 11.1 Å². The molecular weight excluding hydrogens is 592 g/mol. The van der Waals surface area contributed by atoms with Gasteiger partial charge < -0.3 is 35.3 Å². The Bertz CT molecular complexity index is 1850. The summed E-state index contributed by atoms with van der Waals surface area (Å²) in [7, 11) is 0. The molecule has 4 aromatic rings. The van der Waals surface area contributed by atoms with Crippen LogP contribution < -0.4 is 16.9 Å². The maximum atomic E-state index is 15.3. The number of nitrogens with zero attached hydrogens (tertiary/aromatic N) is 6. The van der Waals surface area contributed by atoms with E-state index in [0.29, 0.717) is 0 Å². The van der Waals surface area contributed by atoms with Crippen LogP contribution in [0.5, 0.6) is 0 Å². The number of H-pyrrole nitrogens is 2. The SMILES string of the molecule is Nc1nc2c(ncn2[C@@H]2O[C@H](CO)[C@@H](F)[C@H]2OP(O)(=S)OC2[C@H]3O[C@@H](n4cnc5c(=O)[nH]cnc54)C[C@@]23O)c(=O)[nH]1. The molecule has 0 spiro atoms. The molecule has 0 amide bonds. The highest BCUT2D eigenvalue weighted by atomic mass is 32.5. The first-order chi connectivity index (χ1) is 19.5. The average Bonchev–Trinajstić information content (AvgIpc) is 3.49. The molecule has 2 saturated heterocycles. The molecule has 4 aromatic heterocycles. The lowest BCUT2D eigenvalue weighted by Gasteiger charge is -2.26. The number of rotatable bonds is 7. The molecule has 18 nitrogen and oxygen atoms in total. The van der Waals surface area contributed by atoms with Crippen LogP contribution in [-0.4, -0.2) is 96.9 Å². The number of nitrogens with one attached hydrogen (secondary N) is 2. The third-order valence-corrected chi connectivity index (χ3v) is 8.82. The van der Waals surface area contributed by atoms with Gasteiger partial charge in [0.05, 0.1) is 25.6 Å². The number of aromatic amines is 2. The van der Waals surface area contributed by atoms with E-state index in [2.05, 4.69) is 29.9 Å². The Morgan fingerprint density at radius 1 is 1.17 bits per heavy atom. The Hall–Kier alpha value is -3.20. The molecule has 6 heterocycles. The smallest absolute Gasteiger partial charge is 0.325 e. The molecule has 21 heteroatoms. The number of ether oxygens (including phenoxy) is 2. The van der Waals surface area contributed by atoms with Crippen LogP contribution in [0.4, 0.5) is 10.3 Å². The summed E-state index contributed by atoms with van der Waals surface area (Å²) in [5.41, 5.74) is 3.15. The number of fused-ring (bicyclic) bond motifs is 3. The van der Waals surface area contributed by atoms with Crippen molar-refractivity contribution in [3.63, 3.8) is 0 Å². The number of hydrogen-bond acceptors (Lipinski definition) is 14. The summed E-state index contributed by atoms with van der Waals surface area (Å²) in [6.07, 6.45) is -5.47. The van der Waals surface area contributed by atoms with Crippen LogP contribution in [0.1, 0.15) is 18.9 Å². The molecule has 2 aliphatic heterocycles. The monoisotopic (exact) mass is 613 g/mol. The predicted molar refractivity (Wildman–Crippen MR) is 136 cm³/mol. The third kappa shape index (κ3) is 4.14. The molecule has 218 valence electrons. The van der Waals surface area contributed by atoms with E-state index in [9.17, 15) is 24.7 Å². The average molecular weight is 613 g/mol. The van der Waals surface area contributed by atoms with Gasteiger partial charge in [-0.05, 0) is 11.8 Å². The van der Waals surface area contributed by atoms with Gasteiger partial charge in [0, 0.05) is 6.42 Å². The summed E-state index contributed by atoms with van der Waals surface area (Å²) in [6, 6.07) is 0. The zero-order valence-corrected chi connectivity index (χ0v) is 22.2. The Morgan fingerprint density at radius 2 is 1.90 bits per heavy atom. The molecule has 3 fully saturated rings. The summed E-state index contributed by atoms with van der Waals surface area (Å²) in [6.45, 7) is -5.02. The molecule has 0 radical (unpaired) electrons. The molecule has 1 aliphatic carbocycles. The van der Waals surface area contributed by atoms with Crippen molar-refractivity contribution in [1.29, 1.82) is 0 Å². The lowest BCUT2D eigenvalue weighted by molar-refractivity contribution is -0.0502. The van der Waals surface area contributed by atoms with E-state index in [4.69, 9.17) is 36.1 Å². The number of aliphatic hydroxyl groups excluding tert-OH is 1. The Balaban J connectivity index is 1.09. The van der Waals surface area contributed by atoms with Crippen LogP contribution in [-0.2, 0) is 30.3 Å². The van der Waals surface area contributed by atoms with E-state index in [1.165, 1.54) is 21.8 Å². The van der Waals surface area contributed by atoms with E-state index in [1.54, 1.807) is 0 Å². The first kappa shape index (κ1) is 26.7. The van der Waals surface area contributed by atoms with E-state index >= 15 is 4.39 Å². The summed E-state index contributed by atoms with van der Waals surface area (Å²) < 4.78 is 40.6. The van der Waals surface area contributed by atoms with Gasteiger partial charge in [-0.3, -0.25) is 32.8 Å². The fraction of sp³-hybridized carbons (Fsp3) is 0.500. The maximum absolute atomic E-state index is 15.3. The summed E-state index contributed by atoms with van der Waals surface area (Å²) in [5, 5.41) is 20.7. The molecule has 1 saturated carbocycles. The van der Waals surface area contributed by atoms with E-state index < -0.39 is 73.1 Å². The number of aromatic nitrogens is 8. The van der Waals surface area contributed by atoms with Crippen LogP contribution in [0, 0.1) is 0 Å². The Kier molecular flexibility index (Phi) is 5.95. The van der Waals surface area contributed by atoms with Crippen molar-refractivity contribution in [3.05, 3.63) is 39.7 Å². The van der Waals surface area contributed by atoms with Gasteiger partial charge in [-0.1, -0.05) is 0 Å². The fourth-order valence-corrected chi connectivity index (χ4v) is 7.03. The largest absolute Gasteiger partial charge is 0.394 e. The highest BCUT2D eigenvalue weighted by molar-refractivity contribution is 8.07. The molecule has 7 rings (SSSR count). The highest BCUT2D eigenvalue weighted by Gasteiger charge is 2.74. The molecule has 41 heavy (non-hydrogen) atoms. The number of halogens is 1. The zero-order valence-electron chi connectivity index (χ0n) is 20.5. The number of imidazole rings is 2. The van der Waals surface area contributed by atoms with Gasteiger partial charge in [-0.15, -0.1) is 0 Å². The van der Waals surface area contributed by atoms with Crippen molar-refractivity contribution in [1.82, 2.24) is 39.0 Å². The number of hydrogen-bond donors (Lipinski definition) is 6. The second-order valence-electron chi connectivity index (χ2n) is 9.79. The van der Waals surface area contributed by atoms with E-state index in [0.717, 1.165) is 6.33 Å². The fourth-order valence-electron chi connectivity index (χ4n) is 5.29. The minimum atomic E-state index is -4.28. The Morgan fingerprint density at radius 3 is 2.61 bits per heavy atom. The molecule has 0 bridgehead atoms. The minimum Gasteiger partial charge on any atom is -0.394 e. The first-order valence-electron chi connectivity index (χ1n) is 12.1.